The molecule has 3 atom stereocenters. The number of benzene rings is 1. The van der Waals surface area contributed by atoms with Gasteiger partial charge < -0.3 is 14.8 Å². The highest BCUT2D eigenvalue weighted by molar-refractivity contribution is 5.37. The van der Waals surface area contributed by atoms with Crippen LogP contribution in [0.2, 0.25) is 0 Å². The second-order valence-corrected chi connectivity index (χ2v) is 6.48. The Kier molecular flexibility index (Phi) is 4.51. The molecule has 0 aliphatic carbocycles. The summed E-state index contributed by atoms with van der Waals surface area (Å²) in [5, 5.41) is 3.68. The molecule has 21 heavy (non-hydrogen) atoms. The molecule has 0 radical (unpaired) electrons. The molecule has 1 N–H and O–H groups in total. The minimum Gasteiger partial charge on any atom is -0.493 e. The van der Waals surface area contributed by atoms with Crippen LogP contribution >= 0.6 is 0 Å². The molecule has 1 fully saturated rings. The van der Waals surface area contributed by atoms with E-state index in [1.165, 1.54) is 12.0 Å². The predicted molar refractivity (Wildman–Crippen MR) is 85.0 cm³/mol. The van der Waals surface area contributed by atoms with Gasteiger partial charge in [-0.1, -0.05) is 25.1 Å². The number of nitrogens with one attached hydrogen (secondary N) is 1. The van der Waals surface area contributed by atoms with E-state index in [9.17, 15) is 0 Å². The number of likely N-dealkylation sites (N-methyl/N-ethyl adjacent to an activating group) is 1. The average molecular weight is 289 g/mol. The zero-order valence-electron chi connectivity index (χ0n) is 13.2. The van der Waals surface area contributed by atoms with Crippen molar-refractivity contribution in [1.82, 2.24) is 5.32 Å². The van der Waals surface area contributed by atoms with Crippen LogP contribution in [0.25, 0.3) is 0 Å². The summed E-state index contributed by atoms with van der Waals surface area (Å²) in [6.45, 7) is 7.19. The third-order valence-corrected chi connectivity index (χ3v) is 5.04. The Bertz CT molecular complexity index is 468. The van der Waals surface area contributed by atoms with Crippen LogP contribution in [0.15, 0.2) is 24.3 Å². The third kappa shape index (κ3) is 3.09. The molecule has 3 nitrogen and oxygen atoms in total. The smallest absolute Gasteiger partial charge is 0.122 e. The molecule has 0 amide bonds. The van der Waals surface area contributed by atoms with Crippen molar-refractivity contribution in [2.24, 2.45) is 0 Å². The van der Waals surface area contributed by atoms with Crippen LogP contribution in [0, 0.1) is 0 Å². The van der Waals surface area contributed by atoms with Crippen molar-refractivity contribution in [3.63, 3.8) is 0 Å². The number of para-hydroxylation sites is 1. The summed E-state index contributed by atoms with van der Waals surface area (Å²) in [6.07, 6.45) is 4.58. The quantitative estimate of drug-likeness (QED) is 0.900. The lowest BCUT2D eigenvalue weighted by Gasteiger charge is -2.37. The largest absolute Gasteiger partial charge is 0.493 e. The van der Waals surface area contributed by atoms with Gasteiger partial charge in [-0.3, -0.25) is 0 Å². The molecule has 1 aromatic rings. The summed E-state index contributed by atoms with van der Waals surface area (Å²) >= 11 is 0. The summed E-state index contributed by atoms with van der Waals surface area (Å²) < 4.78 is 11.9. The van der Waals surface area contributed by atoms with Crippen LogP contribution in [0.1, 0.15) is 51.0 Å². The average Bonchev–Trinajstić information content (AvgIpc) is 2.95. The van der Waals surface area contributed by atoms with Gasteiger partial charge in [0.25, 0.3) is 0 Å². The summed E-state index contributed by atoms with van der Waals surface area (Å²) in [5.74, 6) is 1.64. The fourth-order valence-corrected chi connectivity index (χ4v) is 3.82. The van der Waals surface area contributed by atoms with Gasteiger partial charge >= 0.3 is 0 Å². The highest BCUT2D eigenvalue weighted by Crippen LogP contribution is 2.39. The molecule has 3 rings (SSSR count). The van der Waals surface area contributed by atoms with Gasteiger partial charge in [0.05, 0.1) is 12.2 Å². The lowest BCUT2D eigenvalue weighted by Crippen LogP contribution is -2.49. The first-order valence-corrected chi connectivity index (χ1v) is 8.32. The van der Waals surface area contributed by atoms with Crippen LogP contribution < -0.4 is 10.1 Å². The summed E-state index contributed by atoms with van der Waals surface area (Å²) in [4.78, 5) is 0. The fraction of sp³-hybridized carbons (Fsp3) is 0.667. The molecule has 0 saturated carbocycles. The number of rotatable bonds is 5. The van der Waals surface area contributed by atoms with E-state index in [2.05, 4.69) is 43.4 Å². The van der Waals surface area contributed by atoms with Gasteiger partial charge in [-0.2, -0.15) is 0 Å². The fourth-order valence-electron chi connectivity index (χ4n) is 3.82. The first-order valence-electron chi connectivity index (χ1n) is 8.32. The van der Waals surface area contributed by atoms with Crippen LogP contribution in [0.4, 0.5) is 0 Å². The maximum atomic E-state index is 6.09. The molecule has 116 valence electrons. The molecular formula is C18H27NO2. The van der Waals surface area contributed by atoms with E-state index in [1.54, 1.807) is 0 Å². The summed E-state index contributed by atoms with van der Waals surface area (Å²) in [7, 11) is 0. The Morgan fingerprint density at radius 1 is 1.33 bits per heavy atom. The second-order valence-electron chi connectivity index (χ2n) is 6.48. The Hall–Kier alpha value is -1.06. The third-order valence-electron chi connectivity index (χ3n) is 5.04. The van der Waals surface area contributed by atoms with Crippen LogP contribution in [-0.2, 0) is 4.74 Å². The normalized spacial score (nSPS) is 29.7. The zero-order chi connectivity index (χ0) is 14.7. The molecule has 2 aliphatic rings. The van der Waals surface area contributed by atoms with Crippen LogP contribution in [-0.4, -0.2) is 31.4 Å². The Balaban J connectivity index is 1.77. The molecule has 0 aromatic heterocycles. The first-order chi connectivity index (χ1) is 10.2. The Morgan fingerprint density at radius 3 is 2.95 bits per heavy atom. The van der Waals surface area contributed by atoms with E-state index in [4.69, 9.17) is 9.47 Å². The van der Waals surface area contributed by atoms with Gasteiger partial charge in [0.2, 0.25) is 0 Å². The van der Waals surface area contributed by atoms with E-state index >= 15 is 0 Å². The molecule has 1 aromatic carbocycles. The van der Waals surface area contributed by atoms with Crippen molar-refractivity contribution in [2.75, 3.05) is 19.8 Å². The SMILES string of the molecule is CCNC(CC1CCOc2ccccc21)C1(C)CCCO1. The molecule has 0 spiro atoms. The molecule has 1 saturated heterocycles. The predicted octanol–water partition coefficient (Wildman–Crippen LogP) is 3.49. The van der Waals surface area contributed by atoms with Crippen molar-refractivity contribution in [3.05, 3.63) is 29.8 Å². The van der Waals surface area contributed by atoms with E-state index in [0.29, 0.717) is 12.0 Å². The Labute approximate surface area is 128 Å². The molecule has 2 aliphatic heterocycles. The highest BCUT2D eigenvalue weighted by atomic mass is 16.5. The number of hydrogen-bond acceptors (Lipinski definition) is 3. The van der Waals surface area contributed by atoms with Gasteiger partial charge in [-0.05, 0) is 56.7 Å². The van der Waals surface area contributed by atoms with Gasteiger partial charge in [0.1, 0.15) is 5.75 Å². The van der Waals surface area contributed by atoms with Crippen LogP contribution in [0.3, 0.4) is 0 Å². The number of ether oxygens (including phenoxy) is 2. The van der Waals surface area contributed by atoms with Crippen molar-refractivity contribution >= 4 is 0 Å². The van der Waals surface area contributed by atoms with Gasteiger partial charge in [-0.15, -0.1) is 0 Å². The highest BCUT2D eigenvalue weighted by Gasteiger charge is 2.39. The van der Waals surface area contributed by atoms with Crippen LogP contribution in [0.5, 0.6) is 5.75 Å². The van der Waals surface area contributed by atoms with Crippen molar-refractivity contribution < 1.29 is 9.47 Å². The van der Waals surface area contributed by atoms with Crippen molar-refractivity contribution in [2.45, 2.75) is 57.1 Å². The lowest BCUT2D eigenvalue weighted by atomic mass is 9.81. The van der Waals surface area contributed by atoms with Gasteiger partial charge in [0, 0.05) is 12.6 Å². The summed E-state index contributed by atoms with van der Waals surface area (Å²) in [5.41, 5.74) is 1.36. The van der Waals surface area contributed by atoms with E-state index in [1.807, 2.05) is 0 Å². The topological polar surface area (TPSA) is 30.5 Å². The van der Waals surface area contributed by atoms with E-state index < -0.39 is 0 Å². The number of hydrogen-bond donors (Lipinski definition) is 1. The number of fused-ring (bicyclic) bond motifs is 1. The lowest BCUT2D eigenvalue weighted by molar-refractivity contribution is -0.0161. The molecular weight excluding hydrogens is 262 g/mol. The maximum absolute atomic E-state index is 6.09. The molecule has 3 heteroatoms. The van der Waals surface area contributed by atoms with Crippen molar-refractivity contribution in [3.8, 4) is 5.75 Å². The zero-order valence-corrected chi connectivity index (χ0v) is 13.2. The molecule has 3 unspecified atom stereocenters. The Morgan fingerprint density at radius 2 is 2.19 bits per heavy atom. The van der Waals surface area contributed by atoms with E-state index in [-0.39, 0.29) is 5.60 Å². The summed E-state index contributed by atoms with van der Waals surface area (Å²) in [6, 6.07) is 8.92. The minimum absolute atomic E-state index is 0.0107. The van der Waals surface area contributed by atoms with Crippen molar-refractivity contribution in [1.29, 1.82) is 0 Å². The maximum Gasteiger partial charge on any atom is 0.122 e. The standard InChI is InChI=1S/C18H27NO2/c1-3-19-17(18(2)10-6-11-21-18)13-14-9-12-20-16-8-5-4-7-15(14)16/h4-5,7-8,14,17,19H,3,6,9-13H2,1-2H3. The molecule has 2 heterocycles. The van der Waals surface area contributed by atoms with E-state index in [0.717, 1.165) is 44.8 Å². The van der Waals surface area contributed by atoms with Gasteiger partial charge in [0.15, 0.2) is 0 Å². The monoisotopic (exact) mass is 289 g/mol. The first kappa shape index (κ1) is 14.9. The minimum atomic E-state index is -0.0107. The molecule has 0 bridgehead atoms. The second kappa shape index (κ2) is 6.37. The van der Waals surface area contributed by atoms with Gasteiger partial charge in [-0.25, -0.2) is 0 Å².